The lowest BCUT2D eigenvalue weighted by molar-refractivity contribution is -0.166. The van der Waals surface area contributed by atoms with Crippen LogP contribution < -0.4 is 0 Å². The Kier molecular flexibility index (Phi) is 47.5. The fourth-order valence-electron chi connectivity index (χ4n) is 6.94. The minimum absolute atomic E-state index is 0.121. The van der Waals surface area contributed by atoms with Crippen LogP contribution >= 0.6 is 0 Å². The summed E-state index contributed by atoms with van der Waals surface area (Å²) >= 11 is 0. The first kappa shape index (κ1) is 58.6. The molecule has 0 saturated heterocycles. The molecule has 0 spiro atoms. The summed E-state index contributed by atoms with van der Waals surface area (Å²) in [4.78, 5) is 37.9. The highest BCUT2D eigenvalue weighted by Crippen LogP contribution is 2.15. The van der Waals surface area contributed by atoms with E-state index >= 15 is 0 Å². The maximum absolute atomic E-state index is 12.7. The maximum atomic E-state index is 12.7. The average Bonchev–Trinajstić information content (AvgIpc) is 3.27. The van der Waals surface area contributed by atoms with Gasteiger partial charge in [-0.2, -0.15) is 0 Å². The first-order chi connectivity index (χ1) is 30.5. The number of hydrogen-bond donors (Lipinski definition) is 0. The van der Waals surface area contributed by atoms with Gasteiger partial charge in [0, 0.05) is 19.3 Å². The number of rotatable bonds is 45. The molecule has 0 aromatic carbocycles. The highest BCUT2D eigenvalue weighted by Gasteiger charge is 2.19. The number of unbranched alkanes of at least 4 members (excludes halogenated alkanes) is 24. The van der Waals surface area contributed by atoms with E-state index in [2.05, 4.69) is 45.1 Å². The van der Waals surface area contributed by atoms with Crippen LogP contribution in [0, 0.1) is 0 Å². The van der Waals surface area contributed by atoms with Crippen molar-refractivity contribution in [2.75, 3.05) is 13.2 Å². The summed E-state index contributed by atoms with van der Waals surface area (Å²) in [6.07, 6.45) is 64.5. The second-order valence-corrected chi connectivity index (χ2v) is 16.8. The number of allylic oxidation sites excluding steroid dienone is 14. The van der Waals surface area contributed by atoms with Gasteiger partial charge in [0.1, 0.15) is 13.2 Å². The normalized spacial score (nSPS) is 12.8. The van der Waals surface area contributed by atoms with E-state index in [0.717, 1.165) is 44.9 Å². The van der Waals surface area contributed by atoms with Gasteiger partial charge in [-0.3, -0.25) is 14.4 Å². The van der Waals surface area contributed by atoms with Gasteiger partial charge in [-0.15, -0.1) is 0 Å². The van der Waals surface area contributed by atoms with Gasteiger partial charge < -0.3 is 14.2 Å². The Morgan fingerprint density at radius 1 is 0.355 bits per heavy atom. The van der Waals surface area contributed by atoms with E-state index in [0.29, 0.717) is 19.3 Å². The predicted octanol–water partition coefficient (Wildman–Crippen LogP) is 16.8. The lowest BCUT2D eigenvalue weighted by Gasteiger charge is -2.18. The minimum atomic E-state index is -0.834. The number of carbonyl (C=O) groups is 3. The Hall–Kier alpha value is -3.41. The highest BCUT2D eigenvalue weighted by atomic mass is 16.6. The van der Waals surface area contributed by atoms with Crippen molar-refractivity contribution in [2.24, 2.45) is 0 Å². The Morgan fingerprint density at radius 2 is 0.742 bits per heavy atom. The summed E-state index contributed by atoms with van der Waals surface area (Å²) in [6.45, 7) is 6.37. The van der Waals surface area contributed by atoms with Crippen LogP contribution in [0.2, 0.25) is 0 Å². The molecule has 0 amide bonds. The Balaban J connectivity index is 4.48. The molecule has 0 radical (unpaired) electrons. The second kappa shape index (κ2) is 50.2. The van der Waals surface area contributed by atoms with Gasteiger partial charge in [0.25, 0.3) is 0 Å². The molecule has 0 aromatic heterocycles. The van der Waals surface area contributed by atoms with E-state index in [4.69, 9.17) is 14.2 Å². The van der Waals surface area contributed by atoms with Crippen molar-refractivity contribution in [3.63, 3.8) is 0 Å². The van der Waals surface area contributed by atoms with Crippen molar-refractivity contribution in [2.45, 2.75) is 239 Å². The van der Waals surface area contributed by atoms with Crippen molar-refractivity contribution >= 4 is 17.9 Å². The summed E-state index contributed by atoms with van der Waals surface area (Å²) in [5, 5.41) is 0. The van der Waals surface area contributed by atoms with E-state index in [1.54, 1.807) is 0 Å². The summed E-state index contributed by atoms with van der Waals surface area (Å²) in [7, 11) is 0. The quantitative estimate of drug-likeness (QED) is 0.0199. The molecule has 0 N–H and O–H groups in total. The predicted molar refractivity (Wildman–Crippen MR) is 265 cm³/mol. The Morgan fingerprint density at radius 3 is 1.24 bits per heavy atom. The fourth-order valence-corrected chi connectivity index (χ4v) is 6.94. The van der Waals surface area contributed by atoms with Crippen molar-refractivity contribution in [3.8, 4) is 0 Å². The van der Waals surface area contributed by atoms with Crippen LogP contribution in [0.15, 0.2) is 85.1 Å². The summed E-state index contributed by atoms with van der Waals surface area (Å²) in [5.74, 6) is -1.07. The standard InChI is InChI=1S/C56H94O6/c1-4-7-10-13-16-19-22-25-26-27-28-29-32-34-37-40-43-46-49-55(58)61-52-53(62-56(59)50-47-44-41-38-35-31-24-21-18-15-12-9-6-3)51-60-54(57)48-45-42-39-36-33-30-23-20-17-14-11-8-5-2/h9,12,15,18,21,24,30-31,33,35,38-39,41-42,53H,4-8,10-11,13-14,16-17,19-20,22-23,25-29,32,34,36-37,40,43-52H2,1-3H3/b12-9-,18-15-,24-21-,33-30-,35-31-,41-38-,42-39-. The van der Waals surface area contributed by atoms with Gasteiger partial charge in [0.2, 0.25) is 0 Å². The van der Waals surface area contributed by atoms with Crippen molar-refractivity contribution < 1.29 is 28.6 Å². The topological polar surface area (TPSA) is 78.9 Å². The molecule has 0 aliphatic heterocycles. The van der Waals surface area contributed by atoms with E-state index in [-0.39, 0.29) is 38.0 Å². The van der Waals surface area contributed by atoms with Crippen LogP contribution in [-0.2, 0) is 28.6 Å². The molecule has 6 heteroatoms. The van der Waals surface area contributed by atoms with Crippen molar-refractivity contribution in [3.05, 3.63) is 85.1 Å². The van der Waals surface area contributed by atoms with Gasteiger partial charge in [-0.1, -0.05) is 247 Å². The number of hydrogen-bond acceptors (Lipinski definition) is 6. The van der Waals surface area contributed by atoms with E-state index in [9.17, 15) is 14.4 Å². The fraction of sp³-hybridized carbons (Fsp3) is 0.696. The minimum Gasteiger partial charge on any atom is -0.462 e. The third-order valence-electron chi connectivity index (χ3n) is 10.8. The van der Waals surface area contributed by atoms with Crippen LogP contribution in [0.5, 0.6) is 0 Å². The van der Waals surface area contributed by atoms with Gasteiger partial charge in [-0.05, 0) is 51.4 Å². The van der Waals surface area contributed by atoms with Crippen LogP contribution in [0.3, 0.4) is 0 Å². The molecule has 0 aliphatic carbocycles. The van der Waals surface area contributed by atoms with Gasteiger partial charge >= 0.3 is 17.9 Å². The van der Waals surface area contributed by atoms with Crippen molar-refractivity contribution in [1.82, 2.24) is 0 Å². The Labute approximate surface area is 382 Å². The lowest BCUT2D eigenvalue weighted by Crippen LogP contribution is -2.30. The molecule has 0 rings (SSSR count). The average molecular weight is 863 g/mol. The first-order valence-electron chi connectivity index (χ1n) is 25.7. The van der Waals surface area contributed by atoms with Gasteiger partial charge in [0.05, 0.1) is 0 Å². The van der Waals surface area contributed by atoms with E-state index < -0.39 is 12.1 Å². The zero-order chi connectivity index (χ0) is 45.1. The monoisotopic (exact) mass is 863 g/mol. The van der Waals surface area contributed by atoms with E-state index in [1.165, 1.54) is 135 Å². The zero-order valence-corrected chi connectivity index (χ0v) is 40.4. The number of carbonyl (C=O) groups excluding carboxylic acids is 3. The molecule has 0 saturated carbocycles. The molecule has 0 fully saturated rings. The number of esters is 3. The third kappa shape index (κ3) is 47.6. The molecular weight excluding hydrogens is 769 g/mol. The molecule has 0 aliphatic rings. The highest BCUT2D eigenvalue weighted by molar-refractivity contribution is 5.71. The van der Waals surface area contributed by atoms with Crippen LogP contribution in [-0.4, -0.2) is 37.2 Å². The smallest absolute Gasteiger partial charge is 0.306 e. The third-order valence-corrected chi connectivity index (χ3v) is 10.8. The Bertz CT molecular complexity index is 1220. The summed E-state index contributed by atoms with van der Waals surface area (Å²) < 4.78 is 16.6. The number of ether oxygens (including phenoxy) is 3. The summed E-state index contributed by atoms with van der Waals surface area (Å²) in [6, 6.07) is 0. The molecule has 62 heavy (non-hydrogen) atoms. The molecule has 1 unspecified atom stereocenters. The summed E-state index contributed by atoms with van der Waals surface area (Å²) in [5.41, 5.74) is 0. The zero-order valence-electron chi connectivity index (χ0n) is 40.4. The second-order valence-electron chi connectivity index (χ2n) is 16.8. The molecule has 0 bridgehead atoms. The van der Waals surface area contributed by atoms with Crippen LogP contribution in [0.25, 0.3) is 0 Å². The lowest BCUT2D eigenvalue weighted by atomic mass is 10.0. The maximum Gasteiger partial charge on any atom is 0.306 e. The molecule has 1 atom stereocenters. The van der Waals surface area contributed by atoms with Crippen molar-refractivity contribution in [1.29, 1.82) is 0 Å². The van der Waals surface area contributed by atoms with E-state index in [1.807, 2.05) is 60.8 Å². The largest absolute Gasteiger partial charge is 0.462 e. The van der Waals surface area contributed by atoms with Gasteiger partial charge in [-0.25, -0.2) is 0 Å². The molecular formula is C56H94O6. The molecule has 354 valence electrons. The van der Waals surface area contributed by atoms with Crippen LogP contribution in [0.4, 0.5) is 0 Å². The molecule has 0 heterocycles. The van der Waals surface area contributed by atoms with Gasteiger partial charge in [0.15, 0.2) is 6.10 Å². The molecule has 6 nitrogen and oxygen atoms in total. The van der Waals surface area contributed by atoms with Crippen LogP contribution in [0.1, 0.15) is 233 Å². The first-order valence-corrected chi connectivity index (χ1v) is 25.7. The SMILES string of the molecule is CC\C=C/C=C\C=C/C=C\C=C/CCCC(=O)OC(COC(=O)CC/C=C\C/C=C\CCCCCCCC)COC(=O)CCCCCCCCCCCCCCCCCCCC. The molecule has 0 aromatic rings.